The Morgan fingerprint density at radius 2 is 1.81 bits per heavy atom. The number of benzene rings is 2. The number of likely N-dealkylation sites (tertiary alicyclic amines) is 1. The summed E-state index contributed by atoms with van der Waals surface area (Å²) in [6.45, 7) is 1.80. The first kappa shape index (κ1) is 18.7. The highest BCUT2D eigenvalue weighted by Gasteiger charge is 2.37. The smallest absolute Gasteiger partial charge is 0.124 e. The van der Waals surface area contributed by atoms with E-state index in [1.807, 2.05) is 48.5 Å². The zero-order chi connectivity index (χ0) is 18.6. The summed E-state index contributed by atoms with van der Waals surface area (Å²) < 4.78 is 10.6. The van der Waals surface area contributed by atoms with E-state index < -0.39 is 11.7 Å². The molecular weight excluding hydrogens is 330 g/mol. The Bertz CT molecular complexity index is 718. The summed E-state index contributed by atoms with van der Waals surface area (Å²) in [6, 6.07) is 15.1. The van der Waals surface area contributed by atoms with Crippen LogP contribution in [-0.2, 0) is 5.60 Å². The van der Waals surface area contributed by atoms with Gasteiger partial charge >= 0.3 is 0 Å². The first-order valence-corrected chi connectivity index (χ1v) is 8.96. The van der Waals surface area contributed by atoms with Crippen molar-refractivity contribution in [3.8, 4) is 11.5 Å². The average Bonchev–Trinajstić information content (AvgIpc) is 2.68. The topological polar surface area (TPSA) is 62.2 Å². The van der Waals surface area contributed by atoms with Crippen LogP contribution in [0.2, 0.25) is 0 Å². The molecule has 2 aromatic carbocycles. The maximum Gasteiger partial charge on any atom is 0.124 e. The molecule has 3 rings (SSSR count). The Morgan fingerprint density at radius 1 is 1.08 bits per heavy atom. The number of hydrogen-bond acceptors (Lipinski definition) is 5. The third kappa shape index (κ3) is 4.01. The van der Waals surface area contributed by atoms with Crippen LogP contribution < -0.4 is 9.47 Å². The number of hydrogen-bond donors (Lipinski definition) is 2. The standard InChI is InChI=1S/C21H27NO4/c1-25-17-10-8-16(9-11-17)19(23)14-22-13-5-12-21(24,15-22)18-6-3-4-7-20(18)26-2/h3-4,6-11,19,23-24H,5,12-15H2,1-2H3/t19-,21+/m1/s1. The highest BCUT2D eigenvalue weighted by molar-refractivity contribution is 5.38. The van der Waals surface area contributed by atoms with Crippen LogP contribution >= 0.6 is 0 Å². The van der Waals surface area contributed by atoms with Gasteiger partial charge in [0.25, 0.3) is 0 Å². The molecule has 26 heavy (non-hydrogen) atoms. The van der Waals surface area contributed by atoms with Gasteiger partial charge in [0, 0.05) is 18.7 Å². The highest BCUT2D eigenvalue weighted by Crippen LogP contribution is 2.37. The molecule has 2 N–H and O–H groups in total. The lowest BCUT2D eigenvalue weighted by atomic mass is 9.85. The molecule has 5 nitrogen and oxygen atoms in total. The van der Waals surface area contributed by atoms with Gasteiger partial charge in [-0.05, 0) is 43.1 Å². The molecule has 0 radical (unpaired) electrons. The van der Waals surface area contributed by atoms with Crippen LogP contribution in [0.3, 0.4) is 0 Å². The molecule has 1 aliphatic heterocycles. The molecule has 1 aliphatic rings. The van der Waals surface area contributed by atoms with E-state index in [1.54, 1.807) is 14.2 Å². The molecule has 0 spiro atoms. The van der Waals surface area contributed by atoms with E-state index in [4.69, 9.17) is 9.47 Å². The average molecular weight is 357 g/mol. The fourth-order valence-corrected chi connectivity index (χ4v) is 3.70. The lowest BCUT2D eigenvalue weighted by Gasteiger charge is -2.40. The number of nitrogens with zero attached hydrogens (tertiary/aromatic N) is 1. The second kappa shape index (κ2) is 8.08. The van der Waals surface area contributed by atoms with Crippen molar-refractivity contribution in [3.63, 3.8) is 0 Å². The predicted molar refractivity (Wildman–Crippen MR) is 101 cm³/mol. The fourth-order valence-electron chi connectivity index (χ4n) is 3.70. The number of methoxy groups -OCH3 is 2. The van der Waals surface area contributed by atoms with Crippen LogP contribution in [0, 0.1) is 0 Å². The third-order valence-electron chi connectivity index (χ3n) is 5.09. The SMILES string of the molecule is COc1ccc([C@H](O)CN2CCC[C@@](O)(c3ccccc3OC)C2)cc1. The Labute approximate surface area is 154 Å². The van der Waals surface area contributed by atoms with E-state index in [0.29, 0.717) is 25.3 Å². The van der Waals surface area contributed by atoms with Crippen LogP contribution in [0.5, 0.6) is 11.5 Å². The number of para-hydroxylation sites is 1. The summed E-state index contributed by atoms with van der Waals surface area (Å²) in [4.78, 5) is 2.12. The van der Waals surface area contributed by atoms with Crippen LogP contribution in [0.1, 0.15) is 30.1 Å². The molecule has 0 aromatic heterocycles. The Kier molecular flexibility index (Phi) is 5.81. The van der Waals surface area contributed by atoms with Crippen molar-refractivity contribution in [2.75, 3.05) is 33.9 Å². The predicted octanol–water partition coefficient (Wildman–Crippen LogP) is 2.72. The largest absolute Gasteiger partial charge is 0.497 e. The van der Waals surface area contributed by atoms with Gasteiger partial charge in [-0.25, -0.2) is 0 Å². The van der Waals surface area contributed by atoms with E-state index in [-0.39, 0.29) is 0 Å². The number of rotatable bonds is 6. The first-order chi connectivity index (χ1) is 12.6. The summed E-state index contributed by atoms with van der Waals surface area (Å²) >= 11 is 0. The molecule has 2 aromatic rings. The molecule has 1 saturated heterocycles. The minimum atomic E-state index is -0.968. The van der Waals surface area contributed by atoms with Gasteiger partial charge in [-0.3, -0.25) is 4.90 Å². The van der Waals surface area contributed by atoms with Gasteiger partial charge in [-0.2, -0.15) is 0 Å². The van der Waals surface area contributed by atoms with Gasteiger partial charge in [0.2, 0.25) is 0 Å². The summed E-state index contributed by atoms with van der Waals surface area (Å²) in [5, 5.41) is 21.8. The maximum atomic E-state index is 11.3. The van der Waals surface area contributed by atoms with Gasteiger partial charge in [0.15, 0.2) is 0 Å². The van der Waals surface area contributed by atoms with Gasteiger partial charge < -0.3 is 19.7 Å². The van der Waals surface area contributed by atoms with E-state index in [0.717, 1.165) is 29.8 Å². The molecule has 140 valence electrons. The van der Waals surface area contributed by atoms with Gasteiger partial charge in [-0.1, -0.05) is 30.3 Å². The lowest BCUT2D eigenvalue weighted by Crippen LogP contribution is -2.47. The second-order valence-electron chi connectivity index (χ2n) is 6.86. The molecule has 0 bridgehead atoms. The number of piperidine rings is 1. The van der Waals surface area contributed by atoms with Gasteiger partial charge in [0.05, 0.1) is 20.3 Å². The number of ether oxygens (including phenoxy) is 2. The van der Waals surface area contributed by atoms with Crippen LogP contribution in [-0.4, -0.2) is 49.0 Å². The van der Waals surface area contributed by atoms with Crippen LogP contribution in [0.25, 0.3) is 0 Å². The number of β-amino-alcohol motifs (C(OH)–C–C–N with tert-alkyl or cyclic N) is 2. The molecule has 5 heteroatoms. The summed E-state index contributed by atoms with van der Waals surface area (Å²) in [5.74, 6) is 1.47. The van der Waals surface area contributed by atoms with E-state index in [1.165, 1.54) is 0 Å². The molecule has 0 unspecified atom stereocenters. The van der Waals surface area contributed by atoms with Crippen molar-refractivity contribution in [2.24, 2.45) is 0 Å². The summed E-state index contributed by atoms with van der Waals surface area (Å²) in [5.41, 5.74) is 0.688. The Morgan fingerprint density at radius 3 is 2.50 bits per heavy atom. The zero-order valence-electron chi connectivity index (χ0n) is 15.4. The molecule has 0 aliphatic carbocycles. The first-order valence-electron chi connectivity index (χ1n) is 8.96. The Hall–Kier alpha value is -2.08. The maximum absolute atomic E-state index is 11.3. The van der Waals surface area contributed by atoms with Gasteiger partial charge in [-0.15, -0.1) is 0 Å². The van der Waals surface area contributed by atoms with Crippen molar-refractivity contribution >= 4 is 0 Å². The van der Waals surface area contributed by atoms with E-state index >= 15 is 0 Å². The van der Waals surface area contributed by atoms with Crippen LogP contribution in [0.15, 0.2) is 48.5 Å². The zero-order valence-corrected chi connectivity index (χ0v) is 15.4. The minimum absolute atomic E-state index is 0.473. The quantitative estimate of drug-likeness (QED) is 0.832. The van der Waals surface area contributed by atoms with Crippen LogP contribution in [0.4, 0.5) is 0 Å². The molecule has 0 amide bonds. The molecular formula is C21H27NO4. The third-order valence-corrected chi connectivity index (χ3v) is 5.09. The van der Waals surface area contributed by atoms with Crippen molar-refractivity contribution in [1.82, 2.24) is 4.90 Å². The van der Waals surface area contributed by atoms with Crippen molar-refractivity contribution in [1.29, 1.82) is 0 Å². The minimum Gasteiger partial charge on any atom is -0.497 e. The molecule has 1 fully saturated rings. The van der Waals surface area contributed by atoms with Crippen molar-refractivity contribution in [2.45, 2.75) is 24.5 Å². The van der Waals surface area contributed by atoms with E-state index in [2.05, 4.69) is 4.90 Å². The van der Waals surface area contributed by atoms with Crippen molar-refractivity contribution in [3.05, 3.63) is 59.7 Å². The molecule has 0 saturated carbocycles. The molecule has 2 atom stereocenters. The number of aliphatic hydroxyl groups is 2. The fraction of sp³-hybridized carbons (Fsp3) is 0.429. The van der Waals surface area contributed by atoms with Gasteiger partial charge in [0.1, 0.15) is 17.1 Å². The monoisotopic (exact) mass is 357 g/mol. The number of aliphatic hydroxyl groups excluding tert-OH is 1. The summed E-state index contributed by atoms with van der Waals surface area (Å²) in [6.07, 6.45) is 0.938. The molecule has 1 heterocycles. The highest BCUT2D eigenvalue weighted by atomic mass is 16.5. The Balaban J connectivity index is 1.71. The summed E-state index contributed by atoms with van der Waals surface area (Å²) in [7, 11) is 3.24. The van der Waals surface area contributed by atoms with Crippen molar-refractivity contribution < 1.29 is 19.7 Å². The lowest BCUT2D eigenvalue weighted by molar-refractivity contribution is -0.0474. The normalized spacial score (nSPS) is 22.0. The second-order valence-corrected chi connectivity index (χ2v) is 6.86. The van der Waals surface area contributed by atoms with E-state index in [9.17, 15) is 10.2 Å².